The zero-order valence-corrected chi connectivity index (χ0v) is 21.3. The Balaban J connectivity index is 1.93. The van der Waals surface area contributed by atoms with Crippen LogP contribution in [0, 0.1) is 0 Å². The van der Waals surface area contributed by atoms with Gasteiger partial charge in [0.15, 0.2) is 6.10 Å². The highest BCUT2D eigenvalue weighted by molar-refractivity contribution is 6.33. The maximum absolute atomic E-state index is 13.1. The highest BCUT2D eigenvalue weighted by atomic mass is 35.5. The van der Waals surface area contributed by atoms with Gasteiger partial charge in [0.1, 0.15) is 12.4 Å². The van der Waals surface area contributed by atoms with Crippen LogP contribution < -0.4 is 10.1 Å². The van der Waals surface area contributed by atoms with Crippen LogP contribution >= 0.6 is 11.6 Å². The number of amides is 2. The van der Waals surface area contributed by atoms with Gasteiger partial charge in [-0.1, -0.05) is 35.9 Å². The van der Waals surface area contributed by atoms with Crippen molar-refractivity contribution < 1.29 is 33.0 Å². The van der Waals surface area contributed by atoms with E-state index in [9.17, 15) is 23.5 Å². The maximum Gasteiger partial charge on any atom is 0.333 e. The van der Waals surface area contributed by atoms with E-state index in [1.165, 1.54) is 4.90 Å². The number of hydrogen-bond donors (Lipinski definition) is 2. The van der Waals surface area contributed by atoms with Gasteiger partial charge in [0.2, 0.25) is 5.92 Å². The molecule has 0 aliphatic carbocycles. The van der Waals surface area contributed by atoms with Gasteiger partial charge in [0, 0.05) is 26.0 Å². The molecule has 2 rings (SSSR count). The molecule has 2 aromatic rings. The van der Waals surface area contributed by atoms with Gasteiger partial charge in [-0.25, -0.2) is 18.4 Å². The van der Waals surface area contributed by atoms with Crippen molar-refractivity contribution in [1.82, 2.24) is 4.90 Å². The summed E-state index contributed by atoms with van der Waals surface area (Å²) >= 11 is 6.13. The first-order valence-corrected chi connectivity index (χ1v) is 12.2. The summed E-state index contributed by atoms with van der Waals surface area (Å²) in [7, 11) is 0. The predicted molar refractivity (Wildman–Crippen MR) is 135 cm³/mol. The molecule has 0 aliphatic heterocycles. The number of halogens is 3. The predicted octanol–water partition coefficient (Wildman–Crippen LogP) is 6.11. The molecule has 2 aromatic carbocycles. The van der Waals surface area contributed by atoms with Gasteiger partial charge in [0.05, 0.1) is 17.3 Å². The Morgan fingerprint density at radius 2 is 1.81 bits per heavy atom. The van der Waals surface area contributed by atoms with Crippen LogP contribution in [-0.4, -0.2) is 60.3 Å². The standard InChI is InChI=1S/C26H33ClF2N2O5/c1-3-35-23(24(32)33)18-19-10-12-20(13-11-19)36-17-16-31(15-7-6-14-26(2,28)29)25(34)30-22-9-5-4-8-21(22)27/h4-5,8-13,23H,3,6-7,14-18H2,1-2H3,(H,30,34)(H,32,33). The molecule has 0 fully saturated rings. The van der Waals surface area contributed by atoms with Crippen LogP contribution in [0.1, 0.15) is 38.7 Å². The van der Waals surface area contributed by atoms with E-state index >= 15 is 0 Å². The van der Waals surface area contributed by atoms with E-state index in [0.717, 1.165) is 12.5 Å². The summed E-state index contributed by atoms with van der Waals surface area (Å²) in [6, 6.07) is 13.4. The first-order chi connectivity index (χ1) is 17.1. The molecule has 1 atom stereocenters. The fraction of sp³-hybridized carbons (Fsp3) is 0.462. The Morgan fingerprint density at radius 1 is 1.11 bits per heavy atom. The monoisotopic (exact) mass is 526 g/mol. The maximum atomic E-state index is 13.1. The lowest BCUT2D eigenvalue weighted by Crippen LogP contribution is -2.38. The molecule has 0 heterocycles. The molecular weight excluding hydrogens is 494 g/mol. The number of unbranched alkanes of at least 4 members (excludes halogenated alkanes) is 1. The summed E-state index contributed by atoms with van der Waals surface area (Å²) in [6.45, 7) is 3.61. The Morgan fingerprint density at radius 3 is 2.42 bits per heavy atom. The minimum Gasteiger partial charge on any atom is -0.492 e. The molecule has 0 spiro atoms. The summed E-state index contributed by atoms with van der Waals surface area (Å²) < 4.78 is 37.3. The average molecular weight is 527 g/mol. The second-order valence-electron chi connectivity index (χ2n) is 8.40. The van der Waals surface area contributed by atoms with E-state index < -0.39 is 24.0 Å². The minimum atomic E-state index is -2.74. The van der Waals surface area contributed by atoms with Gasteiger partial charge < -0.3 is 24.8 Å². The Labute approximate surface area is 215 Å². The number of para-hydroxylation sites is 1. The number of hydrogen-bond acceptors (Lipinski definition) is 4. The van der Waals surface area contributed by atoms with Crippen LogP contribution in [-0.2, 0) is 16.0 Å². The smallest absolute Gasteiger partial charge is 0.333 e. The van der Waals surface area contributed by atoms with E-state index in [1.54, 1.807) is 55.5 Å². The van der Waals surface area contributed by atoms with Crippen molar-refractivity contribution in [3.8, 4) is 5.75 Å². The van der Waals surface area contributed by atoms with E-state index in [2.05, 4.69) is 5.32 Å². The summed E-state index contributed by atoms with van der Waals surface area (Å²) in [5.74, 6) is -3.21. The number of carboxylic acid groups (broad SMARTS) is 1. The van der Waals surface area contributed by atoms with Crippen molar-refractivity contribution in [3.05, 3.63) is 59.1 Å². The van der Waals surface area contributed by atoms with Gasteiger partial charge >= 0.3 is 12.0 Å². The highest BCUT2D eigenvalue weighted by Crippen LogP contribution is 2.22. The van der Waals surface area contributed by atoms with Crippen molar-refractivity contribution in [2.75, 3.05) is 31.6 Å². The van der Waals surface area contributed by atoms with Crippen molar-refractivity contribution in [2.45, 2.75) is 51.6 Å². The normalized spacial score (nSPS) is 12.1. The number of aliphatic carboxylic acids is 1. The first-order valence-electron chi connectivity index (χ1n) is 11.8. The highest BCUT2D eigenvalue weighted by Gasteiger charge is 2.21. The van der Waals surface area contributed by atoms with Crippen molar-refractivity contribution in [1.29, 1.82) is 0 Å². The lowest BCUT2D eigenvalue weighted by atomic mass is 10.1. The van der Waals surface area contributed by atoms with E-state index in [4.69, 9.17) is 21.1 Å². The molecule has 0 saturated heterocycles. The Kier molecular flexibility index (Phi) is 11.9. The Bertz CT molecular complexity index is 970. The molecular formula is C26H33ClF2N2O5. The van der Waals surface area contributed by atoms with E-state index in [1.807, 2.05) is 0 Å². The number of urea groups is 1. The largest absolute Gasteiger partial charge is 0.492 e. The molecule has 0 aromatic heterocycles. The molecule has 2 N–H and O–H groups in total. The van der Waals surface area contributed by atoms with Gasteiger partial charge in [-0.2, -0.15) is 0 Å². The van der Waals surface area contributed by atoms with Crippen LogP contribution in [0.2, 0.25) is 5.02 Å². The number of anilines is 1. The van der Waals surface area contributed by atoms with Gasteiger partial charge in [-0.3, -0.25) is 0 Å². The van der Waals surface area contributed by atoms with Crippen molar-refractivity contribution in [2.24, 2.45) is 0 Å². The average Bonchev–Trinajstić information content (AvgIpc) is 2.82. The zero-order chi connectivity index (χ0) is 26.6. The zero-order valence-electron chi connectivity index (χ0n) is 20.5. The van der Waals surface area contributed by atoms with E-state index in [-0.39, 0.29) is 39.0 Å². The molecule has 198 valence electrons. The fourth-order valence-corrected chi connectivity index (χ4v) is 3.62. The number of ether oxygens (including phenoxy) is 2. The molecule has 0 saturated carbocycles. The molecule has 36 heavy (non-hydrogen) atoms. The topological polar surface area (TPSA) is 88.1 Å². The summed E-state index contributed by atoms with van der Waals surface area (Å²) in [4.78, 5) is 25.6. The summed E-state index contributed by atoms with van der Waals surface area (Å²) in [5, 5.41) is 12.4. The second-order valence-corrected chi connectivity index (χ2v) is 8.81. The van der Waals surface area contributed by atoms with Gasteiger partial charge in [0.25, 0.3) is 0 Å². The van der Waals surface area contributed by atoms with Gasteiger partial charge in [-0.05, 0) is 56.5 Å². The lowest BCUT2D eigenvalue weighted by Gasteiger charge is -2.24. The second kappa shape index (κ2) is 14.6. The number of carbonyl (C=O) groups is 2. The molecule has 0 aliphatic rings. The number of carboxylic acids is 1. The molecule has 10 heteroatoms. The quantitative estimate of drug-likeness (QED) is 0.273. The third kappa shape index (κ3) is 10.8. The van der Waals surface area contributed by atoms with Crippen LogP contribution in [0.5, 0.6) is 5.75 Å². The lowest BCUT2D eigenvalue weighted by molar-refractivity contribution is -0.149. The Hall–Kier alpha value is -2.91. The number of alkyl halides is 2. The molecule has 0 bridgehead atoms. The number of nitrogens with one attached hydrogen (secondary N) is 1. The van der Waals surface area contributed by atoms with Crippen LogP contribution in [0.25, 0.3) is 0 Å². The number of rotatable bonds is 15. The summed E-state index contributed by atoms with van der Waals surface area (Å²) in [5.41, 5.74) is 1.24. The third-order valence-corrected chi connectivity index (χ3v) is 5.64. The number of carbonyl (C=O) groups excluding carboxylic acids is 1. The molecule has 0 radical (unpaired) electrons. The number of nitrogens with zero attached hydrogens (tertiary/aromatic N) is 1. The van der Waals surface area contributed by atoms with Gasteiger partial charge in [-0.15, -0.1) is 0 Å². The molecule has 2 amide bonds. The van der Waals surface area contributed by atoms with Crippen LogP contribution in [0.15, 0.2) is 48.5 Å². The SMILES string of the molecule is CCOC(Cc1ccc(OCCN(CCCCC(C)(F)F)C(=O)Nc2ccccc2Cl)cc1)C(=O)O. The fourth-order valence-electron chi connectivity index (χ4n) is 3.44. The van der Waals surface area contributed by atoms with Crippen molar-refractivity contribution >= 4 is 29.3 Å². The minimum absolute atomic E-state index is 0.177. The molecule has 7 nitrogen and oxygen atoms in total. The first kappa shape index (κ1) is 29.3. The van der Waals surface area contributed by atoms with E-state index in [0.29, 0.717) is 29.5 Å². The number of benzene rings is 2. The van der Waals surface area contributed by atoms with Crippen molar-refractivity contribution in [3.63, 3.8) is 0 Å². The third-order valence-electron chi connectivity index (χ3n) is 5.31. The van der Waals surface area contributed by atoms with Crippen LogP contribution in [0.4, 0.5) is 19.3 Å². The van der Waals surface area contributed by atoms with Crippen LogP contribution in [0.3, 0.4) is 0 Å². The summed E-state index contributed by atoms with van der Waals surface area (Å²) in [6.07, 6.45) is -0.239. The molecule has 1 unspecified atom stereocenters.